The van der Waals surface area contributed by atoms with E-state index in [0.29, 0.717) is 18.4 Å². The Balaban J connectivity index is 1.87. The van der Waals surface area contributed by atoms with Gasteiger partial charge in [0, 0.05) is 11.6 Å². The number of aliphatic carboxylic acids is 1. The molecule has 130 valence electrons. The molecule has 2 rings (SSSR count). The van der Waals surface area contributed by atoms with E-state index >= 15 is 0 Å². The van der Waals surface area contributed by atoms with Crippen LogP contribution in [-0.4, -0.2) is 35.5 Å². The van der Waals surface area contributed by atoms with E-state index < -0.39 is 11.9 Å². The normalized spacial score (nSPS) is 21.2. The van der Waals surface area contributed by atoms with Gasteiger partial charge in [0.2, 0.25) is 5.91 Å². The molecule has 24 heavy (non-hydrogen) atoms. The van der Waals surface area contributed by atoms with Gasteiger partial charge in [-0.15, -0.1) is 0 Å². The average Bonchev–Trinajstić information content (AvgIpc) is 2.55. The Kier molecular flexibility index (Phi) is 6.78. The van der Waals surface area contributed by atoms with Crippen molar-refractivity contribution in [2.24, 2.45) is 5.92 Å². The van der Waals surface area contributed by atoms with Crippen molar-refractivity contribution in [3.05, 3.63) is 35.9 Å². The van der Waals surface area contributed by atoms with Gasteiger partial charge in [-0.05, 0) is 25.0 Å². The van der Waals surface area contributed by atoms with Gasteiger partial charge in [0.1, 0.15) is 0 Å². The molecule has 0 heterocycles. The lowest BCUT2D eigenvalue weighted by Crippen LogP contribution is -2.47. The molecule has 3 N–H and O–H groups in total. The Bertz CT molecular complexity index is 574. The molecule has 2 amide bonds. The number of hydrogen-bond acceptors (Lipinski definition) is 3. The highest BCUT2D eigenvalue weighted by atomic mass is 16.4. The zero-order valence-electron chi connectivity index (χ0n) is 13.7. The number of amides is 2. The highest BCUT2D eigenvalue weighted by Gasteiger charge is 2.29. The lowest BCUT2D eigenvalue weighted by atomic mass is 9.87. The van der Waals surface area contributed by atoms with E-state index in [-0.39, 0.29) is 24.4 Å². The second-order valence-electron chi connectivity index (χ2n) is 6.16. The fourth-order valence-corrected chi connectivity index (χ4v) is 3.06. The minimum Gasteiger partial charge on any atom is -0.481 e. The Morgan fingerprint density at radius 1 is 1.00 bits per heavy atom. The van der Waals surface area contributed by atoms with Gasteiger partial charge in [0.25, 0.3) is 5.91 Å². The molecule has 0 aromatic heterocycles. The minimum atomic E-state index is -0.865. The van der Waals surface area contributed by atoms with E-state index in [1.165, 1.54) is 0 Å². The van der Waals surface area contributed by atoms with E-state index in [2.05, 4.69) is 10.6 Å². The monoisotopic (exact) mass is 332 g/mol. The molecular weight excluding hydrogens is 308 g/mol. The van der Waals surface area contributed by atoms with Crippen LogP contribution in [0.15, 0.2) is 30.3 Å². The third-order valence-electron chi connectivity index (χ3n) is 4.38. The lowest BCUT2D eigenvalue weighted by molar-refractivity contribution is -0.143. The van der Waals surface area contributed by atoms with Crippen molar-refractivity contribution in [1.82, 2.24) is 10.6 Å². The third kappa shape index (κ3) is 5.37. The topological polar surface area (TPSA) is 95.5 Å². The zero-order chi connectivity index (χ0) is 17.4. The summed E-state index contributed by atoms with van der Waals surface area (Å²) in [6.45, 7) is -0.156. The predicted molar refractivity (Wildman–Crippen MR) is 89.5 cm³/mol. The number of carboxylic acid groups (broad SMARTS) is 1. The molecule has 1 aliphatic rings. The predicted octanol–water partition coefficient (Wildman–Crippen LogP) is 1.96. The molecule has 1 aliphatic carbocycles. The van der Waals surface area contributed by atoms with Crippen LogP contribution >= 0.6 is 0 Å². The molecular formula is C18H24N2O4. The second kappa shape index (κ2) is 9.05. The van der Waals surface area contributed by atoms with Crippen LogP contribution in [0.5, 0.6) is 0 Å². The van der Waals surface area contributed by atoms with Gasteiger partial charge < -0.3 is 15.7 Å². The van der Waals surface area contributed by atoms with Gasteiger partial charge in [-0.25, -0.2) is 0 Å². The Hall–Kier alpha value is -2.37. The number of rotatable bonds is 5. The second-order valence-corrected chi connectivity index (χ2v) is 6.16. The Morgan fingerprint density at radius 3 is 2.33 bits per heavy atom. The molecule has 1 saturated carbocycles. The lowest BCUT2D eigenvalue weighted by Gasteiger charge is -2.27. The number of carboxylic acids is 1. The van der Waals surface area contributed by atoms with Crippen LogP contribution in [0.4, 0.5) is 0 Å². The summed E-state index contributed by atoms with van der Waals surface area (Å²) in [5, 5.41) is 14.7. The first-order valence-corrected chi connectivity index (χ1v) is 8.43. The standard InChI is InChI=1S/C18H24N2O4/c21-16(12-19-17(22)13-8-4-3-5-9-13)20-15-11-7-2-1-6-10-14(15)18(23)24/h3-5,8-9,14-15H,1-2,6-7,10-12H2,(H,19,22)(H,20,21)(H,23,24). The van der Waals surface area contributed by atoms with Crippen LogP contribution < -0.4 is 10.6 Å². The minimum absolute atomic E-state index is 0.156. The zero-order valence-corrected chi connectivity index (χ0v) is 13.7. The molecule has 0 spiro atoms. The Morgan fingerprint density at radius 2 is 1.67 bits per heavy atom. The molecule has 6 heteroatoms. The first kappa shape index (κ1) is 18.0. The summed E-state index contributed by atoms with van der Waals surface area (Å²) in [7, 11) is 0. The first-order chi connectivity index (χ1) is 11.6. The Labute approximate surface area is 141 Å². The van der Waals surface area contributed by atoms with Crippen molar-refractivity contribution in [2.45, 2.75) is 44.6 Å². The summed E-state index contributed by atoms with van der Waals surface area (Å²) in [5.74, 6) is -2.09. The summed E-state index contributed by atoms with van der Waals surface area (Å²) in [5.41, 5.74) is 0.486. The van der Waals surface area contributed by atoms with Gasteiger partial charge in [0.15, 0.2) is 0 Å². The molecule has 0 radical (unpaired) electrons. The highest BCUT2D eigenvalue weighted by molar-refractivity contribution is 5.96. The summed E-state index contributed by atoms with van der Waals surface area (Å²) in [4.78, 5) is 35.5. The number of benzene rings is 1. The maximum absolute atomic E-state index is 12.1. The molecule has 6 nitrogen and oxygen atoms in total. The van der Waals surface area contributed by atoms with Crippen LogP contribution in [0.25, 0.3) is 0 Å². The first-order valence-electron chi connectivity index (χ1n) is 8.43. The number of carbonyl (C=O) groups is 3. The molecule has 0 aliphatic heterocycles. The SMILES string of the molecule is O=C(CNC(=O)c1ccccc1)NC1CCCCCCC1C(=O)O. The number of nitrogens with one attached hydrogen (secondary N) is 2. The molecule has 1 fully saturated rings. The van der Waals surface area contributed by atoms with Crippen molar-refractivity contribution in [3.63, 3.8) is 0 Å². The molecule has 0 bridgehead atoms. The van der Waals surface area contributed by atoms with Crippen LogP contribution in [0.1, 0.15) is 48.9 Å². The molecule has 1 aromatic rings. The van der Waals surface area contributed by atoms with E-state index in [9.17, 15) is 19.5 Å². The van der Waals surface area contributed by atoms with Crippen molar-refractivity contribution in [2.75, 3.05) is 6.54 Å². The fraction of sp³-hybridized carbons (Fsp3) is 0.500. The van der Waals surface area contributed by atoms with E-state index in [4.69, 9.17) is 0 Å². The van der Waals surface area contributed by atoms with Crippen molar-refractivity contribution in [3.8, 4) is 0 Å². The van der Waals surface area contributed by atoms with Crippen molar-refractivity contribution < 1.29 is 19.5 Å². The van der Waals surface area contributed by atoms with Crippen LogP contribution in [0, 0.1) is 5.92 Å². The average molecular weight is 332 g/mol. The van der Waals surface area contributed by atoms with Crippen LogP contribution in [0.3, 0.4) is 0 Å². The van der Waals surface area contributed by atoms with Gasteiger partial charge in [0.05, 0.1) is 12.5 Å². The highest BCUT2D eigenvalue weighted by Crippen LogP contribution is 2.23. The quantitative estimate of drug-likeness (QED) is 0.768. The van der Waals surface area contributed by atoms with E-state index in [1.54, 1.807) is 24.3 Å². The summed E-state index contributed by atoms with van der Waals surface area (Å²) >= 11 is 0. The number of hydrogen-bond donors (Lipinski definition) is 3. The fourth-order valence-electron chi connectivity index (χ4n) is 3.06. The van der Waals surface area contributed by atoms with E-state index in [1.807, 2.05) is 6.07 Å². The van der Waals surface area contributed by atoms with Crippen molar-refractivity contribution >= 4 is 17.8 Å². The molecule has 2 unspecified atom stereocenters. The maximum atomic E-state index is 12.1. The van der Waals surface area contributed by atoms with Gasteiger partial charge in [-0.1, -0.05) is 43.9 Å². The van der Waals surface area contributed by atoms with Crippen LogP contribution in [-0.2, 0) is 9.59 Å². The molecule has 0 saturated heterocycles. The van der Waals surface area contributed by atoms with Crippen LogP contribution in [0.2, 0.25) is 0 Å². The summed E-state index contributed by atoms with van der Waals surface area (Å²) < 4.78 is 0. The molecule has 1 aromatic carbocycles. The summed E-state index contributed by atoms with van der Waals surface area (Å²) in [6, 6.07) is 8.28. The van der Waals surface area contributed by atoms with E-state index in [0.717, 1.165) is 25.7 Å². The summed E-state index contributed by atoms with van der Waals surface area (Å²) in [6.07, 6.45) is 5.12. The van der Waals surface area contributed by atoms with Gasteiger partial charge >= 0.3 is 5.97 Å². The van der Waals surface area contributed by atoms with Gasteiger partial charge in [-0.2, -0.15) is 0 Å². The smallest absolute Gasteiger partial charge is 0.308 e. The molecule has 2 atom stereocenters. The largest absolute Gasteiger partial charge is 0.481 e. The number of carbonyl (C=O) groups excluding carboxylic acids is 2. The van der Waals surface area contributed by atoms with Gasteiger partial charge in [-0.3, -0.25) is 14.4 Å². The third-order valence-corrected chi connectivity index (χ3v) is 4.38. The maximum Gasteiger partial charge on any atom is 0.308 e. The van der Waals surface area contributed by atoms with Crippen molar-refractivity contribution in [1.29, 1.82) is 0 Å².